The lowest BCUT2D eigenvalue weighted by Crippen LogP contribution is -2.31. The summed E-state index contributed by atoms with van der Waals surface area (Å²) in [4.78, 5) is 20.5. The highest BCUT2D eigenvalue weighted by molar-refractivity contribution is 5.91. The molecule has 6 nitrogen and oxygen atoms in total. The van der Waals surface area contributed by atoms with Gasteiger partial charge in [-0.05, 0) is 32.0 Å². The molecule has 1 heterocycles. The van der Waals surface area contributed by atoms with Crippen LogP contribution in [0.25, 0.3) is 11.0 Å². The van der Waals surface area contributed by atoms with Crippen LogP contribution in [-0.2, 0) is 4.74 Å². The zero-order valence-corrected chi connectivity index (χ0v) is 11.9. The predicted octanol–water partition coefficient (Wildman–Crippen LogP) is 2.01. The molecule has 2 aromatic rings. The molecule has 0 unspecified atom stereocenters. The number of ether oxygens (including phenoxy) is 1. The van der Waals surface area contributed by atoms with E-state index >= 15 is 0 Å². The van der Waals surface area contributed by atoms with Gasteiger partial charge in [0.05, 0.1) is 29.0 Å². The van der Waals surface area contributed by atoms with E-state index in [1.807, 2.05) is 32.0 Å². The molecule has 2 rings (SSSR count). The van der Waals surface area contributed by atoms with Crippen molar-refractivity contribution in [2.45, 2.75) is 13.8 Å². The number of fused-ring (bicyclic) bond motifs is 1. The lowest BCUT2D eigenvalue weighted by atomic mass is 10.2. The Kier molecular flexibility index (Phi) is 4.47. The number of amides is 2. The first-order valence-electron chi connectivity index (χ1n) is 6.39. The predicted molar refractivity (Wildman–Crippen MR) is 77.9 cm³/mol. The van der Waals surface area contributed by atoms with Gasteiger partial charge < -0.3 is 15.4 Å². The SMILES string of the molecule is COCCNC(=O)Nc1ccc2nc(C)c(C)nc2c1. The van der Waals surface area contributed by atoms with E-state index in [9.17, 15) is 4.79 Å². The van der Waals surface area contributed by atoms with Gasteiger partial charge in [-0.15, -0.1) is 0 Å². The fourth-order valence-electron chi connectivity index (χ4n) is 1.75. The molecule has 0 spiro atoms. The van der Waals surface area contributed by atoms with Gasteiger partial charge in [0.1, 0.15) is 0 Å². The number of carbonyl (C=O) groups is 1. The van der Waals surface area contributed by atoms with E-state index in [4.69, 9.17) is 4.74 Å². The van der Waals surface area contributed by atoms with Crippen molar-refractivity contribution in [2.24, 2.45) is 0 Å². The fourth-order valence-corrected chi connectivity index (χ4v) is 1.75. The smallest absolute Gasteiger partial charge is 0.319 e. The highest BCUT2D eigenvalue weighted by Crippen LogP contribution is 2.17. The van der Waals surface area contributed by atoms with Crippen LogP contribution in [-0.4, -0.2) is 36.3 Å². The van der Waals surface area contributed by atoms with Crippen LogP contribution in [0.3, 0.4) is 0 Å². The Labute approximate surface area is 117 Å². The minimum absolute atomic E-state index is 0.266. The van der Waals surface area contributed by atoms with E-state index in [0.29, 0.717) is 18.8 Å². The number of aromatic nitrogens is 2. The van der Waals surface area contributed by atoms with Gasteiger partial charge in [0, 0.05) is 19.3 Å². The summed E-state index contributed by atoms with van der Waals surface area (Å²) in [6.07, 6.45) is 0. The quantitative estimate of drug-likeness (QED) is 0.836. The zero-order chi connectivity index (χ0) is 14.5. The molecule has 0 atom stereocenters. The van der Waals surface area contributed by atoms with Crippen molar-refractivity contribution in [3.05, 3.63) is 29.6 Å². The van der Waals surface area contributed by atoms with Crippen molar-refractivity contribution >= 4 is 22.8 Å². The summed E-state index contributed by atoms with van der Waals surface area (Å²) in [6, 6.07) is 5.20. The average molecular weight is 274 g/mol. The summed E-state index contributed by atoms with van der Waals surface area (Å²) >= 11 is 0. The van der Waals surface area contributed by atoms with Crippen molar-refractivity contribution in [1.82, 2.24) is 15.3 Å². The van der Waals surface area contributed by atoms with Crippen molar-refractivity contribution in [3.8, 4) is 0 Å². The molecule has 0 fully saturated rings. The van der Waals surface area contributed by atoms with Crippen LogP contribution in [0.5, 0.6) is 0 Å². The molecule has 0 saturated carbocycles. The summed E-state index contributed by atoms with van der Waals surface area (Å²) in [5.41, 5.74) is 4.07. The zero-order valence-electron chi connectivity index (χ0n) is 11.9. The first-order valence-corrected chi connectivity index (χ1v) is 6.39. The molecule has 6 heteroatoms. The Morgan fingerprint density at radius 1 is 1.20 bits per heavy atom. The maximum Gasteiger partial charge on any atom is 0.319 e. The molecule has 1 aromatic heterocycles. The molecular formula is C14H18N4O2. The third-order valence-electron chi connectivity index (χ3n) is 2.92. The van der Waals surface area contributed by atoms with Gasteiger partial charge in [-0.3, -0.25) is 0 Å². The largest absolute Gasteiger partial charge is 0.383 e. The van der Waals surface area contributed by atoms with Gasteiger partial charge in [-0.1, -0.05) is 0 Å². The second-order valence-corrected chi connectivity index (χ2v) is 4.47. The summed E-state index contributed by atoms with van der Waals surface area (Å²) < 4.78 is 4.86. The highest BCUT2D eigenvalue weighted by atomic mass is 16.5. The van der Waals surface area contributed by atoms with Crippen molar-refractivity contribution in [1.29, 1.82) is 0 Å². The van der Waals surface area contributed by atoms with Crippen LogP contribution in [0.2, 0.25) is 0 Å². The Morgan fingerprint density at radius 3 is 2.60 bits per heavy atom. The second kappa shape index (κ2) is 6.29. The van der Waals surface area contributed by atoms with Gasteiger partial charge in [-0.2, -0.15) is 0 Å². The number of anilines is 1. The number of nitrogens with one attached hydrogen (secondary N) is 2. The van der Waals surface area contributed by atoms with E-state index in [-0.39, 0.29) is 6.03 Å². The fraction of sp³-hybridized carbons (Fsp3) is 0.357. The Morgan fingerprint density at radius 2 is 1.90 bits per heavy atom. The van der Waals surface area contributed by atoms with Crippen LogP contribution in [0.15, 0.2) is 18.2 Å². The standard InChI is InChI=1S/C14H18N4O2/c1-9-10(2)17-13-8-11(4-5-12(13)16-9)18-14(19)15-6-7-20-3/h4-5,8H,6-7H2,1-3H3,(H2,15,18,19). The number of nitrogens with zero attached hydrogens (tertiary/aromatic N) is 2. The van der Waals surface area contributed by atoms with Gasteiger partial charge in [-0.25, -0.2) is 14.8 Å². The normalized spacial score (nSPS) is 10.6. The van der Waals surface area contributed by atoms with E-state index < -0.39 is 0 Å². The van der Waals surface area contributed by atoms with Crippen molar-refractivity contribution in [2.75, 3.05) is 25.6 Å². The number of hydrogen-bond acceptors (Lipinski definition) is 4. The summed E-state index contributed by atoms with van der Waals surface area (Å²) in [5.74, 6) is 0. The maximum atomic E-state index is 11.6. The van der Waals surface area contributed by atoms with E-state index in [1.54, 1.807) is 7.11 Å². The number of methoxy groups -OCH3 is 1. The number of benzene rings is 1. The van der Waals surface area contributed by atoms with Crippen molar-refractivity contribution < 1.29 is 9.53 Å². The van der Waals surface area contributed by atoms with Crippen LogP contribution in [0, 0.1) is 13.8 Å². The Balaban J connectivity index is 2.11. The third-order valence-corrected chi connectivity index (χ3v) is 2.92. The number of hydrogen-bond donors (Lipinski definition) is 2. The number of carbonyl (C=O) groups excluding carboxylic acids is 1. The highest BCUT2D eigenvalue weighted by Gasteiger charge is 2.05. The minimum atomic E-state index is -0.266. The average Bonchev–Trinajstić information content (AvgIpc) is 2.41. The third kappa shape index (κ3) is 3.42. The lowest BCUT2D eigenvalue weighted by Gasteiger charge is -2.08. The topological polar surface area (TPSA) is 76.1 Å². The van der Waals surface area contributed by atoms with Gasteiger partial charge >= 0.3 is 6.03 Å². The molecule has 1 aromatic carbocycles. The number of aryl methyl sites for hydroxylation is 2. The first-order chi connectivity index (χ1) is 9.60. The van der Waals surface area contributed by atoms with E-state index in [0.717, 1.165) is 22.4 Å². The maximum absolute atomic E-state index is 11.6. The summed E-state index contributed by atoms with van der Waals surface area (Å²) in [5, 5.41) is 5.44. The van der Waals surface area contributed by atoms with Gasteiger partial charge in [0.15, 0.2) is 0 Å². The second-order valence-electron chi connectivity index (χ2n) is 4.47. The van der Waals surface area contributed by atoms with Crippen LogP contribution < -0.4 is 10.6 Å². The summed E-state index contributed by atoms with van der Waals surface area (Å²) in [7, 11) is 1.59. The molecule has 0 bridgehead atoms. The molecule has 2 N–H and O–H groups in total. The monoisotopic (exact) mass is 274 g/mol. The molecule has 0 aliphatic heterocycles. The van der Waals surface area contributed by atoms with Crippen molar-refractivity contribution in [3.63, 3.8) is 0 Å². The van der Waals surface area contributed by atoms with Crippen LogP contribution in [0.4, 0.5) is 10.5 Å². The van der Waals surface area contributed by atoms with Crippen LogP contribution >= 0.6 is 0 Å². The lowest BCUT2D eigenvalue weighted by molar-refractivity contribution is 0.198. The van der Waals surface area contributed by atoms with Crippen LogP contribution in [0.1, 0.15) is 11.4 Å². The molecule has 106 valence electrons. The number of urea groups is 1. The molecule has 0 aliphatic carbocycles. The molecular weight excluding hydrogens is 256 g/mol. The van der Waals surface area contributed by atoms with Gasteiger partial charge in [0.2, 0.25) is 0 Å². The minimum Gasteiger partial charge on any atom is -0.383 e. The number of rotatable bonds is 4. The Bertz CT molecular complexity index is 628. The van der Waals surface area contributed by atoms with E-state index in [2.05, 4.69) is 20.6 Å². The molecule has 0 radical (unpaired) electrons. The van der Waals surface area contributed by atoms with Gasteiger partial charge in [0.25, 0.3) is 0 Å². The molecule has 0 saturated heterocycles. The Hall–Kier alpha value is -2.21. The molecule has 2 amide bonds. The molecule has 0 aliphatic rings. The van der Waals surface area contributed by atoms with E-state index in [1.165, 1.54) is 0 Å². The molecule has 20 heavy (non-hydrogen) atoms. The first kappa shape index (κ1) is 14.2. The summed E-state index contributed by atoms with van der Waals surface area (Å²) in [6.45, 7) is 4.79.